The maximum Gasteiger partial charge on any atom is 0.416 e. The quantitative estimate of drug-likeness (QED) is 0.785. The van der Waals surface area contributed by atoms with Gasteiger partial charge in [0.1, 0.15) is 5.82 Å². The maximum absolute atomic E-state index is 13.2. The van der Waals surface area contributed by atoms with Gasteiger partial charge in [0.05, 0.1) is 5.56 Å². The number of amides is 1. The van der Waals surface area contributed by atoms with E-state index in [1.807, 2.05) is 9.80 Å². The molecule has 0 aromatic heterocycles. The van der Waals surface area contributed by atoms with Crippen LogP contribution in [-0.2, 0) is 17.5 Å². The lowest BCUT2D eigenvalue weighted by atomic mass is 10.0. The molecule has 3 nitrogen and oxygen atoms in total. The third-order valence-electron chi connectivity index (χ3n) is 4.88. The minimum Gasteiger partial charge on any atom is -0.340 e. The highest BCUT2D eigenvalue weighted by Crippen LogP contribution is 2.33. The van der Waals surface area contributed by atoms with E-state index in [0.29, 0.717) is 25.6 Å². The Morgan fingerprint density at radius 1 is 1.12 bits per heavy atom. The van der Waals surface area contributed by atoms with Crippen molar-refractivity contribution in [3.8, 4) is 0 Å². The summed E-state index contributed by atoms with van der Waals surface area (Å²) in [5.41, 5.74) is -0.807. The molecule has 1 aromatic rings. The fourth-order valence-corrected chi connectivity index (χ4v) is 3.64. The summed E-state index contributed by atoms with van der Waals surface area (Å²) in [6, 6.07) is 3.05. The molecule has 24 heavy (non-hydrogen) atoms. The van der Waals surface area contributed by atoms with Gasteiger partial charge in [-0.1, -0.05) is 6.07 Å². The Morgan fingerprint density at radius 3 is 2.42 bits per heavy atom. The summed E-state index contributed by atoms with van der Waals surface area (Å²) < 4.78 is 52.4. The fraction of sp³-hybridized carbons (Fsp3) is 0.588. The molecule has 2 heterocycles. The van der Waals surface area contributed by atoms with E-state index < -0.39 is 17.6 Å². The van der Waals surface area contributed by atoms with E-state index in [-0.39, 0.29) is 24.1 Å². The van der Waals surface area contributed by atoms with E-state index in [4.69, 9.17) is 0 Å². The molecule has 1 aromatic carbocycles. The van der Waals surface area contributed by atoms with Crippen molar-refractivity contribution in [3.05, 3.63) is 35.1 Å². The molecular formula is C17H20F4N2O. The van der Waals surface area contributed by atoms with Crippen molar-refractivity contribution < 1.29 is 22.4 Å². The van der Waals surface area contributed by atoms with Crippen LogP contribution in [0.5, 0.6) is 0 Å². The first-order valence-electron chi connectivity index (χ1n) is 8.22. The predicted molar refractivity (Wildman–Crippen MR) is 80.6 cm³/mol. The van der Waals surface area contributed by atoms with Crippen molar-refractivity contribution in [3.63, 3.8) is 0 Å². The van der Waals surface area contributed by atoms with Crippen LogP contribution in [0.2, 0.25) is 0 Å². The first-order chi connectivity index (χ1) is 11.3. The second-order valence-corrected chi connectivity index (χ2v) is 6.50. The summed E-state index contributed by atoms with van der Waals surface area (Å²) in [6.07, 6.45) is -1.52. The third-order valence-corrected chi connectivity index (χ3v) is 4.88. The van der Waals surface area contributed by atoms with Gasteiger partial charge in [0.25, 0.3) is 0 Å². The molecule has 132 valence electrons. The number of halogens is 4. The molecule has 0 unspecified atom stereocenters. The molecule has 2 aliphatic heterocycles. The summed E-state index contributed by atoms with van der Waals surface area (Å²) in [6.45, 7) is 2.22. The molecule has 3 rings (SSSR count). The van der Waals surface area contributed by atoms with Gasteiger partial charge in [-0.15, -0.1) is 0 Å². The van der Waals surface area contributed by atoms with Crippen LogP contribution in [0.15, 0.2) is 18.2 Å². The zero-order chi connectivity index (χ0) is 17.3. The number of likely N-dealkylation sites (tertiary alicyclic amines) is 2. The number of carbonyl (C=O) groups is 1. The summed E-state index contributed by atoms with van der Waals surface area (Å²) >= 11 is 0. The molecule has 0 saturated carbocycles. The third kappa shape index (κ3) is 3.71. The number of hydrogen-bond donors (Lipinski definition) is 0. The number of carbonyl (C=O) groups excluding carboxylic acids is 1. The molecular weight excluding hydrogens is 324 g/mol. The SMILES string of the molecule is O=C1CCCN1C1CCN(Cc2ccc(F)cc2C(F)(F)F)CC1. The van der Waals surface area contributed by atoms with Gasteiger partial charge < -0.3 is 4.90 Å². The van der Waals surface area contributed by atoms with Crippen LogP contribution in [0.1, 0.15) is 36.8 Å². The summed E-state index contributed by atoms with van der Waals surface area (Å²) in [5, 5.41) is 0. The number of piperidine rings is 1. The molecule has 0 bridgehead atoms. The highest BCUT2D eigenvalue weighted by Gasteiger charge is 2.35. The van der Waals surface area contributed by atoms with E-state index in [2.05, 4.69) is 0 Å². The van der Waals surface area contributed by atoms with E-state index in [1.54, 1.807) is 0 Å². The van der Waals surface area contributed by atoms with Crippen molar-refractivity contribution in [1.82, 2.24) is 9.80 Å². The van der Waals surface area contributed by atoms with Crippen LogP contribution in [0.25, 0.3) is 0 Å². The number of hydrogen-bond acceptors (Lipinski definition) is 2. The van der Waals surface area contributed by atoms with E-state index in [0.717, 1.165) is 31.9 Å². The Kier molecular flexibility index (Phi) is 4.80. The molecule has 1 amide bonds. The van der Waals surface area contributed by atoms with Crippen molar-refractivity contribution >= 4 is 5.91 Å². The van der Waals surface area contributed by atoms with Crippen LogP contribution in [0, 0.1) is 5.82 Å². The van der Waals surface area contributed by atoms with Gasteiger partial charge in [-0.3, -0.25) is 9.69 Å². The van der Waals surface area contributed by atoms with Crippen molar-refractivity contribution in [1.29, 1.82) is 0 Å². The normalized spacial score (nSPS) is 20.8. The van der Waals surface area contributed by atoms with Gasteiger partial charge in [0.15, 0.2) is 0 Å². The molecule has 2 aliphatic rings. The van der Waals surface area contributed by atoms with Crippen LogP contribution < -0.4 is 0 Å². The average Bonchev–Trinajstić information content (AvgIpc) is 2.95. The van der Waals surface area contributed by atoms with Gasteiger partial charge in [-0.2, -0.15) is 13.2 Å². The molecule has 0 aliphatic carbocycles. The Hall–Kier alpha value is -1.63. The lowest BCUT2D eigenvalue weighted by Crippen LogP contribution is -2.45. The number of alkyl halides is 3. The second-order valence-electron chi connectivity index (χ2n) is 6.50. The first-order valence-corrected chi connectivity index (χ1v) is 8.22. The van der Waals surface area contributed by atoms with Crippen molar-refractivity contribution in [2.45, 2.75) is 44.4 Å². The van der Waals surface area contributed by atoms with Crippen LogP contribution >= 0.6 is 0 Å². The summed E-state index contributed by atoms with van der Waals surface area (Å²) in [5.74, 6) is -0.691. The zero-order valence-electron chi connectivity index (χ0n) is 13.3. The fourth-order valence-electron chi connectivity index (χ4n) is 3.64. The Balaban J connectivity index is 1.63. The minimum atomic E-state index is -4.56. The van der Waals surface area contributed by atoms with Gasteiger partial charge in [0.2, 0.25) is 5.91 Å². The first kappa shape index (κ1) is 17.2. The van der Waals surface area contributed by atoms with Crippen molar-refractivity contribution in [2.24, 2.45) is 0 Å². The average molecular weight is 344 g/mol. The molecule has 2 fully saturated rings. The minimum absolute atomic E-state index is 0.0969. The molecule has 0 N–H and O–H groups in total. The van der Waals surface area contributed by atoms with E-state index in [9.17, 15) is 22.4 Å². The van der Waals surface area contributed by atoms with Crippen LogP contribution in [-0.4, -0.2) is 41.4 Å². The van der Waals surface area contributed by atoms with Gasteiger partial charge >= 0.3 is 6.18 Å². The topological polar surface area (TPSA) is 23.6 Å². The van der Waals surface area contributed by atoms with E-state index in [1.165, 1.54) is 6.07 Å². The molecule has 2 saturated heterocycles. The maximum atomic E-state index is 13.2. The zero-order valence-corrected chi connectivity index (χ0v) is 13.3. The lowest BCUT2D eigenvalue weighted by molar-refractivity contribution is -0.138. The second kappa shape index (κ2) is 6.70. The highest BCUT2D eigenvalue weighted by molar-refractivity contribution is 5.78. The summed E-state index contributed by atoms with van der Waals surface area (Å²) in [7, 11) is 0. The number of rotatable bonds is 3. The smallest absolute Gasteiger partial charge is 0.340 e. The number of nitrogens with zero attached hydrogens (tertiary/aromatic N) is 2. The number of benzene rings is 1. The van der Waals surface area contributed by atoms with Gasteiger partial charge in [-0.05, 0) is 37.0 Å². The molecule has 0 radical (unpaired) electrons. The van der Waals surface area contributed by atoms with Crippen LogP contribution in [0.4, 0.5) is 17.6 Å². The summed E-state index contributed by atoms with van der Waals surface area (Å²) in [4.78, 5) is 15.6. The molecule has 7 heteroatoms. The Morgan fingerprint density at radius 2 is 1.83 bits per heavy atom. The lowest BCUT2D eigenvalue weighted by Gasteiger charge is -2.37. The largest absolute Gasteiger partial charge is 0.416 e. The van der Waals surface area contributed by atoms with Crippen molar-refractivity contribution in [2.75, 3.05) is 19.6 Å². The van der Waals surface area contributed by atoms with Crippen LogP contribution in [0.3, 0.4) is 0 Å². The Labute approximate surface area is 138 Å². The van der Waals surface area contributed by atoms with E-state index >= 15 is 0 Å². The monoisotopic (exact) mass is 344 g/mol. The van der Waals surface area contributed by atoms with Gasteiger partial charge in [0, 0.05) is 38.6 Å². The predicted octanol–water partition coefficient (Wildman–Crippen LogP) is 3.43. The Bertz CT molecular complexity index is 609. The molecule has 0 spiro atoms. The standard InChI is InChI=1S/C17H20F4N2O/c18-13-4-3-12(15(10-13)17(19,20)21)11-22-8-5-14(6-9-22)23-7-1-2-16(23)24/h3-4,10,14H,1-2,5-9,11H2. The highest BCUT2D eigenvalue weighted by atomic mass is 19.4. The van der Waals surface area contributed by atoms with Gasteiger partial charge in [-0.25, -0.2) is 4.39 Å². The molecule has 0 atom stereocenters.